The summed E-state index contributed by atoms with van der Waals surface area (Å²) >= 11 is -2.61. The summed E-state index contributed by atoms with van der Waals surface area (Å²) in [5.74, 6) is 0.503. The number of carbonyl (C=O) groups excluding carboxylic acids is 2. The molecule has 0 saturated heterocycles. The van der Waals surface area contributed by atoms with Crippen molar-refractivity contribution in [2.45, 2.75) is 38.7 Å². The molecule has 140 valence electrons. The van der Waals surface area contributed by atoms with E-state index in [1.807, 2.05) is 30.3 Å². The first kappa shape index (κ1) is 21.3. The number of benzene rings is 1. The van der Waals surface area contributed by atoms with Crippen LogP contribution < -0.4 is 0 Å². The number of amides is 1. The normalized spacial score (nSPS) is 14.4. The van der Waals surface area contributed by atoms with Gasteiger partial charge in [0.25, 0.3) is 11.4 Å². The molecule has 1 aliphatic carbocycles. The minimum atomic E-state index is -2.61. The monoisotopic (exact) mass is 371 g/mol. The number of nitrogens with zero attached hydrogens (tertiary/aromatic N) is 1. The van der Waals surface area contributed by atoms with E-state index in [2.05, 4.69) is 0 Å². The summed E-state index contributed by atoms with van der Waals surface area (Å²) in [5, 5.41) is 0. The Bertz CT molecular complexity index is 529. The van der Waals surface area contributed by atoms with Gasteiger partial charge < -0.3 is 14.4 Å². The molecule has 0 spiro atoms. The fourth-order valence-corrected chi connectivity index (χ4v) is 2.81. The van der Waals surface area contributed by atoms with Crippen LogP contribution in [0.4, 0.5) is 4.79 Å². The molecule has 0 radical (unpaired) electrons. The highest BCUT2D eigenvalue weighted by Gasteiger charge is 2.21. The van der Waals surface area contributed by atoms with Crippen LogP contribution in [0.1, 0.15) is 37.7 Å². The quantitative estimate of drug-likeness (QED) is 0.588. The van der Waals surface area contributed by atoms with Crippen molar-refractivity contribution in [2.75, 3.05) is 13.1 Å². The van der Waals surface area contributed by atoms with Crippen molar-refractivity contribution in [1.29, 1.82) is 0 Å². The first-order chi connectivity index (χ1) is 12.0. The van der Waals surface area contributed by atoms with E-state index in [-0.39, 0.29) is 13.2 Å². The molecule has 1 aliphatic rings. The Balaban J connectivity index is 0.000000705. The largest absolute Gasteiger partial charge is 0.445 e. The molecule has 8 heteroatoms. The number of aldehydes is 1. The lowest BCUT2D eigenvalue weighted by Gasteiger charge is -2.28. The van der Waals surface area contributed by atoms with Crippen molar-refractivity contribution in [3.63, 3.8) is 0 Å². The Hall–Kier alpha value is -1.77. The lowest BCUT2D eigenvalue weighted by Crippen LogP contribution is -2.37. The highest BCUT2D eigenvalue weighted by atomic mass is 32.2. The van der Waals surface area contributed by atoms with Crippen molar-refractivity contribution in [1.82, 2.24) is 4.90 Å². The second-order valence-electron chi connectivity index (χ2n) is 5.85. The number of ether oxygens (including phenoxy) is 1. The molecule has 1 aromatic rings. The van der Waals surface area contributed by atoms with Crippen LogP contribution in [0.25, 0.3) is 0 Å². The molecule has 2 N–H and O–H groups in total. The average Bonchev–Trinajstić information content (AvgIpc) is 2.60. The third-order valence-electron chi connectivity index (χ3n) is 3.96. The molecule has 1 amide bonds. The van der Waals surface area contributed by atoms with Gasteiger partial charge in [0.05, 0.1) is 6.54 Å². The van der Waals surface area contributed by atoms with E-state index in [1.54, 1.807) is 0 Å². The zero-order chi connectivity index (χ0) is 18.5. The smallest absolute Gasteiger partial charge is 0.410 e. The maximum absolute atomic E-state index is 12.1. The highest BCUT2D eigenvalue weighted by molar-refractivity contribution is 7.73. The summed E-state index contributed by atoms with van der Waals surface area (Å²) in [7, 11) is 0. The lowest BCUT2D eigenvalue weighted by atomic mass is 9.89. The molecule has 0 heterocycles. The molecule has 0 unspecified atom stereocenters. The second-order valence-corrected chi connectivity index (χ2v) is 6.31. The number of carbonyl (C=O) groups is 2. The molecule has 0 aromatic heterocycles. The van der Waals surface area contributed by atoms with Gasteiger partial charge in [0, 0.05) is 6.54 Å². The van der Waals surface area contributed by atoms with Gasteiger partial charge in [-0.2, -0.15) is 4.21 Å². The first-order valence-electron chi connectivity index (χ1n) is 8.22. The zero-order valence-electron chi connectivity index (χ0n) is 14.1. The molecule has 1 fully saturated rings. The molecule has 0 bridgehead atoms. The Kier molecular flexibility index (Phi) is 10.7. The summed E-state index contributed by atoms with van der Waals surface area (Å²) in [4.78, 5) is 24.4. The van der Waals surface area contributed by atoms with Gasteiger partial charge in [-0.05, 0) is 24.3 Å². The zero-order valence-corrected chi connectivity index (χ0v) is 14.9. The molecule has 7 nitrogen and oxygen atoms in total. The molecule has 0 aliphatic heterocycles. The summed E-state index contributed by atoms with van der Waals surface area (Å²) < 4.78 is 28.1. The van der Waals surface area contributed by atoms with Gasteiger partial charge in [-0.3, -0.25) is 9.11 Å². The molecule has 0 atom stereocenters. The van der Waals surface area contributed by atoms with Crippen molar-refractivity contribution in [3.8, 4) is 0 Å². The van der Waals surface area contributed by atoms with E-state index in [9.17, 15) is 9.59 Å². The summed E-state index contributed by atoms with van der Waals surface area (Å²) in [6.45, 7) is 0.996. The third kappa shape index (κ3) is 9.96. The maximum Gasteiger partial charge on any atom is 0.410 e. The van der Waals surface area contributed by atoms with E-state index < -0.39 is 17.5 Å². The van der Waals surface area contributed by atoms with E-state index in [1.165, 1.54) is 24.2 Å². The Morgan fingerprint density at radius 3 is 2.36 bits per heavy atom. The van der Waals surface area contributed by atoms with Crippen LogP contribution in [0.2, 0.25) is 0 Å². The van der Waals surface area contributed by atoms with Gasteiger partial charge in [-0.25, -0.2) is 4.79 Å². The van der Waals surface area contributed by atoms with Crippen molar-refractivity contribution in [2.24, 2.45) is 5.92 Å². The van der Waals surface area contributed by atoms with Crippen LogP contribution in [0, 0.1) is 5.92 Å². The number of rotatable bonds is 6. The van der Waals surface area contributed by atoms with Crippen LogP contribution in [0.5, 0.6) is 0 Å². The van der Waals surface area contributed by atoms with Gasteiger partial charge in [-0.1, -0.05) is 49.6 Å². The van der Waals surface area contributed by atoms with Crippen molar-refractivity contribution < 1.29 is 27.6 Å². The molecule has 2 rings (SSSR count). The fourth-order valence-electron chi connectivity index (χ4n) is 2.81. The topological polar surface area (TPSA) is 104 Å². The molecular formula is C17H25NO6S. The Morgan fingerprint density at radius 1 is 1.20 bits per heavy atom. The lowest BCUT2D eigenvalue weighted by molar-refractivity contribution is -0.108. The SMILES string of the molecule is O=CCN(CC1CCCCC1)C(=O)OCc1ccccc1.O=S(O)O. The minimum absolute atomic E-state index is 0.115. The summed E-state index contributed by atoms with van der Waals surface area (Å²) in [5.41, 5.74) is 0.953. The molecule has 1 aromatic carbocycles. The Morgan fingerprint density at radius 2 is 1.80 bits per heavy atom. The Labute approximate surface area is 150 Å². The van der Waals surface area contributed by atoms with Gasteiger partial charge in [-0.15, -0.1) is 0 Å². The minimum Gasteiger partial charge on any atom is -0.445 e. The van der Waals surface area contributed by atoms with Crippen LogP contribution in [0.3, 0.4) is 0 Å². The van der Waals surface area contributed by atoms with E-state index in [4.69, 9.17) is 18.1 Å². The predicted molar refractivity (Wildman–Crippen MR) is 94.2 cm³/mol. The highest BCUT2D eigenvalue weighted by Crippen LogP contribution is 2.24. The second kappa shape index (κ2) is 12.6. The van der Waals surface area contributed by atoms with E-state index in [0.717, 1.165) is 24.7 Å². The van der Waals surface area contributed by atoms with Gasteiger partial charge in [0.2, 0.25) is 0 Å². The van der Waals surface area contributed by atoms with Gasteiger partial charge in [0.15, 0.2) is 0 Å². The van der Waals surface area contributed by atoms with Gasteiger partial charge in [0.1, 0.15) is 12.9 Å². The van der Waals surface area contributed by atoms with Crippen LogP contribution in [-0.2, 0) is 27.5 Å². The predicted octanol–water partition coefficient (Wildman–Crippen LogP) is 3.09. The third-order valence-corrected chi connectivity index (χ3v) is 3.96. The fraction of sp³-hybridized carbons (Fsp3) is 0.529. The van der Waals surface area contributed by atoms with Crippen LogP contribution in [-0.4, -0.2) is 43.7 Å². The number of hydrogen-bond donors (Lipinski definition) is 2. The summed E-state index contributed by atoms with van der Waals surface area (Å²) in [6.07, 6.45) is 6.38. The molecule has 25 heavy (non-hydrogen) atoms. The van der Waals surface area contributed by atoms with Crippen molar-refractivity contribution in [3.05, 3.63) is 35.9 Å². The standard InChI is InChI=1S/C17H23NO3.H2O3S/c19-12-11-18(13-15-7-3-1-4-8-15)17(20)21-14-16-9-5-2-6-10-16;1-4(2)3/h2,5-6,9-10,12,15H,1,3-4,7-8,11,13-14H2;(H2,1,2,3). The van der Waals surface area contributed by atoms with Crippen LogP contribution >= 0.6 is 0 Å². The summed E-state index contributed by atoms with van der Waals surface area (Å²) in [6, 6.07) is 9.58. The van der Waals surface area contributed by atoms with E-state index >= 15 is 0 Å². The molecule has 1 saturated carbocycles. The van der Waals surface area contributed by atoms with Crippen LogP contribution in [0.15, 0.2) is 30.3 Å². The first-order valence-corrected chi connectivity index (χ1v) is 9.28. The number of hydrogen-bond acceptors (Lipinski definition) is 4. The van der Waals surface area contributed by atoms with E-state index in [0.29, 0.717) is 12.5 Å². The average molecular weight is 371 g/mol. The van der Waals surface area contributed by atoms with Crippen molar-refractivity contribution >= 4 is 23.7 Å². The maximum atomic E-state index is 12.1. The van der Waals surface area contributed by atoms with Gasteiger partial charge >= 0.3 is 6.09 Å². The molecular weight excluding hydrogens is 346 g/mol.